The number of hydrogen-bond donors (Lipinski definition) is 2. The van der Waals surface area contributed by atoms with Crippen LogP contribution in [0.4, 0.5) is 0 Å². The molecule has 1 aliphatic heterocycles. The number of benzene rings is 1. The van der Waals surface area contributed by atoms with Gasteiger partial charge in [0.25, 0.3) is 0 Å². The second-order valence-corrected chi connectivity index (χ2v) is 7.14. The van der Waals surface area contributed by atoms with Crippen LogP contribution in [0.1, 0.15) is 16.5 Å². The van der Waals surface area contributed by atoms with Crippen molar-refractivity contribution in [1.29, 1.82) is 0 Å². The zero-order chi connectivity index (χ0) is 14.2. The Morgan fingerprint density at radius 3 is 2.95 bits per heavy atom. The van der Waals surface area contributed by atoms with Gasteiger partial charge in [0.15, 0.2) is 0 Å². The molecule has 0 amide bonds. The van der Waals surface area contributed by atoms with E-state index in [1.54, 1.807) is 0 Å². The maximum absolute atomic E-state index is 12.3. The summed E-state index contributed by atoms with van der Waals surface area (Å²) in [4.78, 5) is 0.796. The van der Waals surface area contributed by atoms with Crippen molar-refractivity contribution in [2.45, 2.75) is 17.5 Å². The molecule has 0 saturated carbocycles. The lowest BCUT2D eigenvalue weighted by molar-refractivity contribution is 0.285. The molecule has 1 aromatic carbocycles. The van der Waals surface area contributed by atoms with Crippen molar-refractivity contribution in [3.63, 3.8) is 0 Å². The summed E-state index contributed by atoms with van der Waals surface area (Å²) in [6.07, 6.45) is 0. The largest absolute Gasteiger partial charge is 0.491 e. The third-order valence-corrected chi connectivity index (χ3v) is 5.61. The molecule has 20 heavy (non-hydrogen) atoms. The van der Waals surface area contributed by atoms with Gasteiger partial charge in [0.1, 0.15) is 12.4 Å². The molecule has 0 aliphatic carbocycles. The number of hydrogen-bond acceptors (Lipinski definition) is 5. The highest BCUT2D eigenvalue weighted by Gasteiger charge is 2.29. The third-order valence-electron chi connectivity index (χ3n) is 3.09. The molecule has 2 aromatic rings. The highest BCUT2D eigenvalue weighted by molar-refractivity contribution is 7.89. The van der Waals surface area contributed by atoms with Crippen molar-refractivity contribution in [3.05, 3.63) is 46.2 Å². The van der Waals surface area contributed by atoms with Gasteiger partial charge in [-0.3, -0.25) is 0 Å². The van der Waals surface area contributed by atoms with Crippen molar-refractivity contribution < 1.29 is 18.3 Å². The minimum absolute atomic E-state index is 0.157. The molecule has 0 fully saturated rings. The zero-order valence-corrected chi connectivity index (χ0v) is 12.1. The number of aliphatic hydroxyl groups is 1. The van der Waals surface area contributed by atoms with Crippen molar-refractivity contribution >= 4 is 21.4 Å². The Hall–Kier alpha value is -1.41. The van der Waals surface area contributed by atoms with E-state index in [4.69, 9.17) is 9.84 Å². The first-order chi connectivity index (χ1) is 9.60. The Morgan fingerprint density at radius 1 is 1.40 bits per heavy atom. The second-order valence-electron chi connectivity index (χ2n) is 4.43. The van der Waals surface area contributed by atoms with Gasteiger partial charge in [-0.05, 0) is 12.1 Å². The van der Waals surface area contributed by atoms with E-state index in [0.717, 1.165) is 5.56 Å². The van der Waals surface area contributed by atoms with Crippen molar-refractivity contribution in [1.82, 2.24) is 4.72 Å². The van der Waals surface area contributed by atoms with E-state index in [0.29, 0.717) is 10.6 Å². The highest BCUT2D eigenvalue weighted by Crippen LogP contribution is 2.33. The number of ether oxygens (including phenoxy) is 1. The Bertz CT molecular complexity index is 723. The summed E-state index contributed by atoms with van der Waals surface area (Å²) in [5.74, 6) is 0.710. The number of rotatable bonds is 4. The molecule has 0 spiro atoms. The van der Waals surface area contributed by atoms with Crippen LogP contribution < -0.4 is 9.46 Å². The van der Waals surface area contributed by atoms with Crippen molar-refractivity contribution in [3.8, 4) is 5.75 Å². The highest BCUT2D eigenvalue weighted by atomic mass is 32.2. The maximum Gasteiger partial charge on any atom is 0.242 e. The molecule has 1 unspecified atom stereocenters. The van der Waals surface area contributed by atoms with Crippen LogP contribution in [0.15, 0.2) is 40.6 Å². The molecule has 2 N–H and O–H groups in total. The molecule has 2 heterocycles. The summed E-state index contributed by atoms with van der Waals surface area (Å²) in [7, 11) is -3.61. The Balaban J connectivity index is 1.84. The van der Waals surface area contributed by atoms with Crippen LogP contribution in [0.5, 0.6) is 5.75 Å². The number of fused-ring (bicyclic) bond motifs is 1. The predicted octanol–water partition coefficient (Wildman–Crippen LogP) is 1.65. The molecule has 5 nitrogen and oxygen atoms in total. The quantitative estimate of drug-likeness (QED) is 0.900. The van der Waals surface area contributed by atoms with Gasteiger partial charge in [-0.2, -0.15) is 0 Å². The van der Waals surface area contributed by atoms with Crippen LogP contribution >= 0.6 is 11.3 Å². The summed E-state index contributed by atoms with van der Waals surface area (Å²) in [6, 6.07) is 8.47. The number of thiophene rings is 1. The number of nitrogens with one attached hydrogen (secondary N) is 1. The van der Waals surface area contributed by atoms with Crippen LogP contribution in [0.25, 0.3) is 0 Å². The molecule has 7 heteroatoms. The fraction of sp³-hybridized carbons (Fsp3) is 0.231. The third kappa shape index (κ3) is 2.45. The molecule has 0 bridgehead atoms. The monoisotopic (exact) mass is 311 g/mol. The minimum atomic E-state index is -3.61. The fourth-order valence-electron chi connectivity index (χ4n) is 2.10. The molecule has 3 rings (SSSR count). The zero-order valence-electron chi connectivity index (χ0n) is 10.4. The Kier molecular flexibility index (Phi) is 3.51. The van der Waals surface area contributed by atoms with E-state index < -0.39 is 10.0 Å². The van der Waals surface area contributed by atoms with E-state index in [9.17, 15) is 8.42 Å². The lowest BCUT2D eigenvalue weighted by Gasteiger charge is -2.11. The number of para-hydroxylation sites is 1. The molecule has 1 aliphatic rings. The summed E-state index contributed by atoms with van der Waals surface area (Å²) >= 11 is 1.22. The lowest BCUT2D eigenvalue weighted by atomic mass is 10.1. The van der Waals surface area contributed by atoms with E-state index in [-0.39, 0.29) is 24.2 Å². The van der Waals surface area contributed by atoms with E-state index in [1.165, 1.54) is 22.8 Å². The fourth-order valence-corrected chi connectivity index (χ4v) is 4.43. The molecule has 1 atom stereocenters. The summed E-state index contributed by atoms with van der Waals surface area (Å²) in [6.45, 7) is 0.130. The van der Waals surface area contributed by atoms with Crippen LogP contribution in [-0.2, 0) is 16.6 Å². The average molecular weight is 311 g/mol. The molecule has 0 radical (unpaired) electrons. The maximum atomic E-state index is 12.3. The van der Waals surface area contributed by atoms with Gasteiger partial charge in [-0.25, -0.2) is 13.1 Å². The van der Waals surface area contributed by atoms with Crippen LogP contribution in [0, 0.1) is 0 Å². The SMILES string of the molecule is O=S(=O)(NC1COc2ccccc21)c1csc(CO)c1. The smallest absolute Gasteiger partial charge is 0.242 e. The van der Waals surface area contributed by atoms with Crippen LogP contribution in [0.3, 0.4) is 0 Å². The summed E-state index contributed by atoms with van der Waals surface area (Å²) in [5.41, 5.74) is 0.841. The molecular formula is C13H13NO4S2. The van der Waals surface area contributed by atoms with Gasteiger partial charge in [-0.1, -0.05) is 18.2 Å². The molecule has 1 aromatic heterocycles. The normalized spacial score (nSPS) is 17.8. The van der Waals surface area contributed by atoms with Gasteiger partial charge in [0.2, 0.25) is 10.0 Å². The average Bonchev–Trinajstić information content (AvgIpc) is 3.06. The standard InChI is InChI=1S/C13H13NO4S2/c15-6-9-5-10(8-19-9)20(16,17)14-12-7-18-13-4-2-1-3-11(12)13/h1-5,8,12,14-15H,6-7H2. The van der Waals surface area contributed by atoms with Crippen molar-refractivity contribution in [2.24, 2.45) is 0 Å². The first-order valence-corrected chi connectivity index (χ1v) is 8.39. The molecule has 0 saturated heterocycles. The predicted molar refractivity (Wildman–Crippen MR) is 75.2 cm³/mol. The molecule has 106 valence electrons. The second kappa shape index (κ2) is 5.17. The topological polar surface area (TPSA) is 75.6 Å². The van der Waals surface area contributed by atoms with E-state index in [2.05, 4.69) is 4.72 Å². The summed E-state index contributed by atoms with van der Waals surface area (Å²) < 4.78 is 32.7. The van der Waals surface area contributed by atoms with Gasteiger partial charge in [0, 0.05) is 15.8 Å². The first-order valence-electron chi connectivity index (χ1n) is 6.02. The Morgan fingerprint density at radius 2 is 2.20 bits per heavy atom. The van der Waals surface area contributed by atoms with Gasteiger partial charge < -0.3 is 9.84 Å². The van der Waals surface area contributed by atoms with Crippen molar-refractivity contribution in [2.75, 3.05) is 6.61 Å². The Labute approximate surface area is 120 Å². The molecular weight excluding hydrogens is 298 g/mol. The van der Waals surface area contributed by atoms with Gasteiger partial charge >= 0.3 is 0 Å². The minimum Gasteiger partial charge on any atom is -0.491 e. The van der Waals surface area contributed by atoms with Gasteiger partial charge in [-0.15, -0.1) is 11.3 Å². The van der Waals surface area contributed by atoms with E-state index in [1.807, 2.05) is 24.3 Å². The number of aliphatic hydroxyl groups excluding tert-OH is 1. The van der Waals surface area contributed by atoms with Crippen LogP contribution in [0.2, 0.25) is 0 Å². The number of sulfonamides is 1. The summed E-state index contributed by atoms with van der Waals surface area (Å²) in [5, 5.41) is 10.5. The van der Waals surface area contributed by atoms with Crippen LogP contribution in [-0.4, -0.2) is 20.1 Å². The lowest BCUT2D eigenvalue weighted by Crippen LogP contribution is -2.29. The van der Waals surface area contributed by atoms with E-state index >= 15 is 0 Å². The van der Waals surface area contributed by atoms with Gasteiger partial charge in [0.05, 0.1) is 17.5 Å². The first kappa shape index (κ1) is 13.6.